The minimum Gasteiger partial charge on any atom is -0.486 e. The third-order valence-corrected chi connectivity index (χ3v) is 5.10. The van der Waals surface area contributed by atoms with Crippen LogP contribution in [0.1, 0.15) is 23.6 Å². The standard InChI is InChI=1S/C18H18ClN3OS/c1-13(14-6-4-3-5-7-14)24-18-21-20-17(22(18)2)12-23-16-10-8-15(19)9-11-16/h3-11,13H,12H2,1-2H3. The first-order chi connectivity index (χ1) is 11.6. The van der Waals surface area contributed by atoms with E-state index >= 15 is 0 Å². The van der Waals surface area contributed by atoms with Crippen molar-refractivity contribution in [3.63, 3.8) is 0 Å². The lowest BCUT2D eigenvalue weighted by Gasteiger charge is -2.11. The van der Waals surface area contributed by atoms with Crippen LogP contribution >= 0.6 is 23.4 Å². The Kier molecular flexibility index (Phi) is 5.43. The molecular formula is C18H18ClN3OS. The average Bonchev–Trinajstić information content (AvgIpc) is 2.95. The highest BCUT2D eigenvalue weighted by atomic mass is 35.5. The van der Waals surface area contributed by atoms with Crippen molar-refractivity contribution in [1.82, 2.24) is 14.8 Å². The minimum atomic E-state index is 0.305. The maximum atomic E-state index is 5.87. The first kappa shape index (κ1) is 16.9. The molecule has 0 amide bonds. The number of hydrogen-bond donors (Lipinski definition) is 0. The minimum absolute atomic E-state index is 0.305. The van der Waals surface area contributed by atoms with E-state index in [0.717, 1.165) is 16.7 Å². The zero-order valence-corrected chi connectivity index (χ0v) is 15.1. The van der Waals surface area contributed by atoms with Gasteiger partial charge >= 0.3 is 0 Å². The van der Waals surface area contributed by atoms with Crippen molar-refractivity contribution in [2.45, 2.75) is 23.9 Å². The van der Waals surface area contributed by atoms with E-state index in [2.05, 4.69) is 41.4 Å². The molecule has 124 valence electrons. The number of benzene rings is 2. The van der Waals surface area contributed by atoms with Crippen LogP contribution in [0.4, 0.5) is 0 Å². The van der Waals surface area contributed by atoms with Crippen LogP contribution < -0.4 is 4.74 Å². The number of nitrogens with zero attached hydrogens (tertiary/aromatic N) is 3. The summed E-state index contributed by atoms with van der Waals surface area (Å²) in [6.45, 7) is 2.53. The van der Waals surface area contributed by atoms with Crippen molar-refractivity contribution in [3.8, 4) is 5.75 Å². The molecule has 0 bridgehead atoms. The summed E-state index contributed by atoms with van der Waals surface area (Å²) in [5, 5.41) is 10.4. The maximum absolute atomic E-state index is 5.87. The molecular weight excluding hydrogens is 342 g/mol. The number of rotatable bonds is 6. The van der Waals surface area contributed by atoms with E-state index in [-0.39, 0.29) is 0 Å². The smallest absolute Gasteiger partial charge is 0.191 e. The summed E-state index contributed by atoms with van der Waals surface area (Å²) >= 11 is 7.56. The van der Waals surface area contributed by atoms with Gasteiger partial charge in [-0.3, -0.25) is 0 Å². The Morgan fingerprint density at radius 2 is 1.79 bits per heavy atom. The molecule has 0 spiro atoms. The topological polar surface area (TPSA) is 39.9 Å². The molecule has 1 atom stereocenters. The SMILES string of the molecule is CC(Sc1nnc(COc2ccc(Cl)cc2)n1C)c1ccccc1. The first-order valence-electron chi connectivity index (χ1n) is 7.61. The molecule has 0 aliphatic carbocycles. The van der Waals surface area contributed by atoms with Crippen LogP contribution in [0.25, 0.3) is 0 Å². The average molecular weight is 360 g/mol. The van der Waals surface area contributed by atoms with E-state index in [1.165, 1.54) is 5.56 Å². The first-order valence-corrected chi connectivity index (χ1v) is 8.87. The Morgan fingerprint density at radius 3 is 2.50 bits per heavy atom. The molecule has 24 heavy (non-hydrogen) atoms. The summed E-state index contributed by atoms with van der Waals surface area (Å²) < 4.78 is 7.71. The van der Waals surface area contributed by atoms with Gasteiger partial charge in [-0.2, -0.15) is 0 Å². The molecule has 1 unspecified atom stereocenters. The molecule has 0 aliphatic heterocycles. The maximum Gasteiger partial charge on any atom is 0.191 e. The summed E-state index contributed by atoms with van der Waals surface area (Å²) in [6.07, 6.45) is 0. The molecule has 4 nitrogen and oxygen atoms in total. The van der Waals surface area contributed by atoms with Crippen molar-refractivity contribution >= 4 is 23.4 Å². The number of aromatic nitrogens is 3. The third kappa shape index (κ3) is 4.10. The van der Waals surface area contributed by atoms with Crippen LogP contribution in [0.2, 0.25) is 5.02 Å². The normalized spacial score (nSPS) is 12.1. The Bertz CT molecular complexity index is 790. The zero-order chi connectivity index (χ0) is 16.9. The van der Waals surface area contributed by atoms with Gasteiger partial charge in [0.1, 0.15) is 12.4 Å². The molecule has 0 aliphatic rings. The lowest BCUT2D eigenvalue weighted by molar-refractivity contribution is 0.290. The number of thioether (sulfide) groups is 1. The summed E-state index contributed by atoms with van der Waals surface area (Å²) in [7, 11) is 1.96. The van der Waals surface area contributed by atoms with Gasteiger partial charge in [0.25, 0.3) is 0 Å². The van der Waals surface area contributed by atoms with Gasteiger partial charge in [-0.1, -0.05) is 53.7 Å². The number of hydrogen-bond acceptors (Lipinski definition) is 4. The molecule has 2 aromatic carbocycles. The van der Waals surface area contributed by atoms with Crippen LogP contribution in [0.5, 0.6) is 5.75 Å². The highest BCUT2D eigenvalue weighted by Crippen LogP contribution is 2.33. The van der Waals surface area contributed by atoms with E-state index < -0.39 is 0 Å². The van der Waals surface area contributed by atoms with Gasteiger partial charge in [0.05, 0.1) is 0 Å². The second-order valence-electron chi connectivity index (χ2n) is 5.37. The van der Waals surface area contributed by atoms with E-state index in [4.69, 9.17) is 16.3 Å². The Morgan fingerprint density at radius 1 is 1.08 bits per heavy atom. The van der Waals surface area contributed by atoms with Crippen molar-refractivity contribution in [2.24, 2.45) is 7.05 Å². The fourth-order valence-electron chi connectivity index (χ4n) is 2.20. The Hall–Kier alpha value is -1.98. The lowest BCUT2D eigenvalue weighted by Crippen LogP contribution is -2.04. The van der Waals surface area contributed by atoms with Gasteiger partial charge in [0, 0.05) is 17.3 Å². The van der Waals surface area contributed by atoms with Crippen LogP contribution in [0.3, 0.4) is 0 Å². The van der Waals surface area contributed by atoms with Crippen LogP contribution in [-0.4, -0.2) is 14.8 Å². The van der Waals surface area contributed by atoms with Gasteiger partial charge in [0.15, 0.2) is 11.0 Å². The van der Waals surface area contributed by atoms with E-state index in [9.17, 15) is 0 Å². The fourth-order valence-corrected chi connectivity index (χ4v) is 3.29. The van der Waals surface area contributed by atoms with Crippen LogP contribution in [0.15, 0.2) is 59.8 Å². The molecule has 6 heteroatoms. The molecule has 0 radical (unpaired) electrons. The molecule has 0 N–H and O–H groups in total. The third-order valence-electron chi connectivity index (χ3n) is 3.66. The lowest BCUT2D eigenvalue weighted by atomic mass is 10.2. The number of ether oxygens (including phenoxy) is 1. The summed E-state index contributed by atoms with van der Waals surface area (Å²) in [4.78, 5) is 0. The van der Waals surface area contributed by atoms with Crippen molar-refractivity contribution in [3.05, 3.63) is 71.0 Å². The molecule has 1 heterocycles. The zero-order valence-electron chi connectivity index (χ0n) is 13.5. The monoisotopic (exact) mass is 359 g/mol. The van der Waals surface area contributed by atoms with Crippen LogP contribution in [-0.2, 0) is 13.7 Å². The quantitative estimate of drug-likeness (QED) is 0.587. The van der Waals surface area contributed by atoms with Gasteiger partial charge in [0.2, 0.25) is 0 Å². The Labute approximate surface area is 150 Å². The molecule has 0 saturated heterocycles. The molecule has 3 aromatic rings. The molecule has 1 aromatic heterocycles. The van der Waals surface area contributed by atoms with Gasteiger partial charge in [-0.25, -0.2) is 0 Å². The second kappa shape index (κ2) is 7.73. The predicted octanol–water partition coefficient (Wildman–Crippen LogP) is 4.90. The second-order valence-corrected chi connectivity index (χ2v) is 7.12. The largest absolute Gasteiger partial charge is 0.486 e. The van der Waals surface area contributed by atoms with Crippen molar-refractivity contribution < 1.29 is 4.74 Å². The van der Waals surface area contributed by atoms with E-state index in [1.807, 2.05) is 29.8 Å². The number of halogens is 1. The molecule has 0 fully saturated rings. The molecule has 0 saturated carbocycles. The van der Waals surface area contributed by atoms with Crippen molar-refractivity contribution in [1.29, 1.82) is 0 Å². The van der Waals surface area contributed by atoms with Gasteiger partial charge < -0.3 is 9.30 Å². The highest BCUT2D eigenvalue weighted by molar-refractivity contribution is 7.99. The fraction of sp³-hybridized carbons (Fsp3) is 0.222. The van der Waals surface area contributed by atoms with E-state index in [0.29, 0.717) is 16.9 Å². The predicted molar refractivity (Wildman–Crippen MR) is 97.5 cm³/mol. The van der Waals surface area contributed by atoms with Crippen LogP contribution in [0, 0.1) is 0 Å². The van der Waals surface area contributed by atoms with E-state index in [1.54, 1.807) is 23.9 Å². The Balaban J connectivity index is 1.64. The summed E-state index contributed by atoms with van der Waals surface area (Å²) in [5.41, 5.74) is 1.27. The van der Waals surface area contributed by atoms with Gasteiger partial charge in [-0.15, -0.1) is 10.2 Å². The van der Waals surface area contributed by atoms with Crippen molar-refractivity contribution in [2.75, 3.05) is 0 Å². The summed E-state index contributed by atoms with van der Waals surface area (Å²) in [5.74, 6) is 1.54. The summed E-state index contributed by atoms with van der Waals surface area (Å²) in [6, 6.07) is 17.7. The highest BCUT2D eigenvalue weighted by Gasteiger charge is 2.14. The molecule has 3 rings (SSSR count). The van der Waals surface area contributed by atoms with Gasteiger partial charge in [-0.05, 0) is 36.8 Å².